The van der Waals surface area contributed by atoms with Gasteiger partial charge in [0, 0.05) is 68.8 Å². The lowest BCUT2D eigenvalue weighted by Crippen LogP contribution is -2.49. The molecule has 2 heterocycles. The number of carbonyl (C=O) groups is 1. The summed E-state index contributed by atoms with van der Waals surface area (Å²) in [6, 6.07) is 18.7. The van der Waals surface area contributed by atoms with Crippen LogP contribution in [-0.2, 0) is 0 Å². The van der Waals surface area contributed by atoms with E-state index in [0.717, 1.165) is 50.3 Å². The van der Waals surface area contributed by atoms with E-state index in [1.165, 1.54) is 17.2 Å². The van der Waals surface area contributed by atoms with Crippen LogP contribution in [-0.4, -0.2) is 92.6 Å². The molecule has 12 nitrogen and oxygen atoms in total. The van der Waals surface area contributed by atoms with E-state index in [9.17, 15) is 4.79 Å². The number of benzene rings is 3. The number of methoxy groups -OCH3 is 3. The Morgan fingerprint density at radius 2 is 1.62 bits per heavy atom. The molecule has 5 rings (SSSR count). The minimum atomic E-state index is -0.670. The maximum absolute atomic E-state index is 14.0. The Morgan fingerprint density at radius 3 is 2.30 bits per heavy atom. The number of nitrogens with one attached hydrogen (secondary N) is 1. The molecule has 1 fully saturated rings. The number of anilines is 4. The van der Waals surface area contributed by atoms with Gasteiger partial charge in [-0.25, -0.2) is 14.7 Å². The van der Waals surface area contributed by atoms with Crippen LogP contribution in [0.15, 0.2) is 66.9 Å². The number of hydrogen-bond donors (Lipinski definition) is 1. The first-order valence-corrected chi connectivity index (χ1v) is 16.9. The Balaban J connectivity index is 1.25. The monoisotopic (exact) mass is 684 g/mol. The summed E-state index contributed by atoms with van der Waals surface area (Å²) in [5.74, 6) is 2.58. The molecule has 1 aromatic heterocycles. The van der Waals surface area contributed by atoms with Gasteiger partial charge in [0.1, 0.15) is 11.5 Å². The van der Waals surface area contributed by atoms with E-state index in [4.69, 9.17) is 23.7 Å². The van der Waals surface area contributed by atoms with Crippen LogP contribution < -0.4 is 33.9 Å². The number of aromatic nitrogens is 2. The summed E-state index contributed by atoms with van der Waals surface area (Å²) in [7, 11) is 4.72. The predicted octanol–water partition coefficient (Wildman–Crippen LogP) is 6.99. The quantitative estimate of drug-likeness (QED) is 0.139. The number of hydrogen-bond acceptors (Lipinski definition) is 11. The van der Waals surface area contributed by atoms with Gasteiger partial charge in [0.25, 0.3) is 0 Å². The summed E-state index contributed by atoms with van der Waals surface area (Å²) in [6.45, 7) is 14.4. The molecule has 0 spiro atoms. The van der Waals surface area contributed by atoms with Gasteiger partial charge < -0.3 is 33.9 Å². The van der Waals surface area contributed by atoms with Crippen molar-refractivity contribution in [2.75, 3.05) is 70.9 Å². The summed E-state index contributed by atoms with van der Waals surface area (Å²) in [5, 5.41) is 3.18. The van der Waals surface area contributed by atoms with Crippen molar-refractivity contribution in [2.45, 2.75) is 40.2 Å². The van der Waals surface area contributed by atoms with Crippen LogP contribution in [0.1, 0.15) is 31.4 Å². The number of aryl methyl sites for hydroxylation is 2. The molecular weight excluding hydrogens is 636 g/mol. The Kier molecular flexibility index (Phi) is 12.3. The van der Waals surface area contributed by atoms with Gasteiger partial charge in [0.15, 0.2) is 11.5 Å². The second-order valence-corrected chi connectivity index (χ2v) is 12.4. The third-order valence-corrected chi connectivity index (χ3v) is 8.73. The molecule has 0 saturated carbocycles. The van der Waals surface area contributed by atoms with Crippen LogP contribution in [0.4, 0.5) is 27.8 Å². The number of rotatable bonds is 14. The summed E-state index contributed by atoms with van der Waals surface area (Å²) >= 11 is 0. The zero-order chi connectivity index (χ0) is 35.6. The molecule has 0 aliphatic carbocycles. The van der Waals surface area contributed by atoms with Crippen molar-refractivity contribution >= 4 is 29.1 Å². The lowest BCUT2D eigenvalue weighted by molar-refractivity contribution is 0.104. The molecule has 1 amide bonds. The van der Waals surface area contributed by atoms with E-state index in [1.807, 2.05) is 50.2 Å². The first-order chi connectivity index (χ1) is 24.2. The van der Waals surface area contributed by atoms with Gasteiger partial charge in [-0.3, -0.25) is 4.90 Å². The molecule has 0 radical (unpaired) electrons. The Morgan fingerprint density at radius 1 is 0.880 bits per heavy atom. The zero-order valence-corrected chi connectivity index (χ0v) is 30.1. The molecule has 1 N–H and O–H groups in total. The van der Waals surface area contributed by atoms with Crippen molar-refractivity contribution in [1.82, 2.24) is 19.8 Å². The fraction of sp³-hybridized carbons (Fsp3) is 0.395. The Bertz CT molecular complexity index is 1720. The normalized spacial score (nSPS) is 13.5. The average molecular weight is 685 g/mol. The van der Waals surface area contributed by atoms with Gasteiger partial charge >= 0.3 is 6.09 Å². The molecule has 4 aromatic rings. The maximum atomic E-state index is 14.0. The molecule has 266 valence electrons. The second-order valence-electron chi connectivity index (χ2n) is 12.4. The molecule has 12 heteroatoms. The zero-order valence-electron chi connectivity index (χ0n) is 30.1. The first-order valence-electron chi connectivity index (χ1n) is 16.9. The van der Waals surface area contributed by atoms with Gasteiger partial charge in [-0.1, -0.05) is 18.2 Å². The lowest BCUT2D eigenvalue weighted by atomic mass is 10.1. The minimum Gasteiger partial charge on any atom is -0.497 e. The highest BCUT2D eigenvalue weighted by Gasteiger charge is 2.27. The highest BCUT2D eigenvalue weighted by Crippen LogP contribution is 2.40. The molecule has 50 heavy (non-hydrogen) atoms. The molecule has 1 aliphatic rings. The van der Waals surface area contributed by atoms with Crippen LogP contribution in [0.2, 0.25) is 0 Å². The van der Waals surface area contributed by atoms with Crippen molar-refractivity contribution in [3.05, 3.63) is 78.0 Å². The molecule has 0 unspecified atom stereocenters. The maximum Gasteiger partial charge on any atom is 0.425 e. The molecule has 1 aliphatic heterocycles. The van der Waals surface area contributed by atoms with Crippen molar-refractivity contribution < 1.29 is 28.5 Å². The van der Waals surface area contributed by atoms with Crippen LogP contribution in [0.5, 0.6) is 28.9 Å². The molecule has 1 saturated heterocycles. The molecule has 0 bridgehead atoms. The number of para-hydroxylation sites is 1. The first kappa shape index (κ1) is 36.2. The average Bonchev–Trinajstić information content (AvgIpc) is 3.12. The van der Waals surface area contributed by atoms with E-state index in [0.29, 0.717) is 52.7 Å². The van der Waals surface area contributed by atoms with E-state index in [1.54, 1.807) is 39.5 Å². The number of amides is 1. The molecular formula is C38H48N6O6. The van der Waals surface area contributed by atoms with Crippen molar-refractivity contribution in [1.29, 1.82) is 0 Å². The molecule has 0 atom stereocenters. The summed E-state index contributed by atoms with van der Waals surface area (Å²) in [5.41, 5.74) is 3.60. The third-order valence-electron chi connectivity index (χ3n) is 8.73. The SMILES string of the molecule is COc1ccc(N(C(=O)Oc2ccnc(Nc3ccc(OCCCN4CCN(C(C)C)CC4)c(OC)c3)n2)c2c(C)cccc2C)c(OC)c1. The number of carbonyl (C=O) groups excluding carboxylic acids is 1. The van der Waals surface area contributed by atoms with Gasteiger partial charge in [0.2, 0.25) is 11.8 Å². The van der Waals surface area contributed by atoms with E-state index < -0.39 is 6.09 Å². The van der Waals surface area contributed by atoms with Gasteiger partial charge in [-0.15, -0.1) is 0 Å². The highest BCUT2D eigenvalue weighted by atomic mass is 16.6. The van der Waals surface area contributed by atoms with Gasteiger partial charge in [-0.2, -0.15) is 4.98 Å². The van der Waals surface area contributed by atoms with E-state index in [-0.39, 0.29) is 11.8 Å². The summed E-state index contributed by atoms with van der Waals surface area (Å²) < 4.78 is 28.6. The predicted molar refractivity (Wildman–Crippen MR) is 195 cm³/mol. The Hall–Kier alpha value is -5.07. The van der Waals surface area contributed by atoms with E-state index in [2.05, 4.69) is 38.9 Å². The second kappa shape index (κ2) is 17.0. The van der Waals surface area contributed by atoms with Crippen LogP contribution >= 0.6 is 0 Å². The Labute approximate surface area is 294 Å². The van der Waals surface area contributed by atoms with Gasteiger partial charge in [0.05, 0.1) is 39.3 Å². The summed E-state index contributed by atoms with van der Waals surface area (Å²) in [6.07, 6.45) is 1.78. The van der Waals surface area contributed by atoms with Gasteiger partial charge in [-0.05, 0) is 69.5 Å². The fourth-order valence-corrected chi connectivity index (χ4v) is 6.00. The van der Waals surface area contributed by atoms with Crippen LogP contribution in [0.25, 0.3) is 0 Å². The van der Waals surface area contributed by atoms with Crippen molar-refractivity contribution in [2.24, 2.45) is 0 Å². The number of nitrogens with zero attached hydrogens (tertiary/aromatic N) is 5. The highest BCUT2D eigenvalue weighted by molar-refractivity contribution is 6.00. The minimum absolute atomic E-state index is 0.0637. The summed E-state index contributed by atoms with van der Waals surface area (Å²) in [4.78, 5) is 29.3. The third kappa shape index (κ3) is 8.93. The fourth-order valence-electron chi connectivity index (χ4n) is 6.00. The van der Waals surface area contributed by atoms with E-state index >= 15 is 0 Å². The number of ether oxygens (including phenoxy) is 5. The number of piperazine rings is 1. The topological polar surface area (TPSA) is 111 Å². The van der Waals surface area contributed by atoms with Crippen molar-refractivity contribution in [3.8, 4) is 28.9 Å². The standard InChI is InChI=1S/C38H48N6O6/c1-26(2)43-21-19-42(20-22-43)18-9-23-49-32-15-12-29(24-34(32)48-7)40-37-39-17-16-35(41-37)50-38(45)44(36-27(3)10-8-11-28(36)4)31-14-13-30(46-5)25-33(31)47-6/h8,10-17,24-26H,9,18-23H2,1-7H3,(H,39,40,41). The molecule has 3 aromatic carbocycles. The van der Waals surface area contributed by atoms with Crippen LogP contribution in [0.3, 0.4) is 0 Å². The van der Waals surface area contributed by atoms with Crippen LogP contribution in [0, 0.1) is 13.8 Å². The largest absolute Gasteiger partial charge is 0.497 e. The smallest absolute Gasteiger partial charge is 0.425 e. The lowest BCUT2D eigenvalue weighted by Gasteiger charge is -2.36. The van der Waals surface area contributed by atoms with Crippen molar-refractivity contribution in [3.63, 3.8) is 0 Å².